The second kappa shape index (κ2) is 9.43. The van der Waals surface area contributed by atoms with Crippen molar-refractivity contribution in [3.63, 3.8) is 0 Å². The number of nitrogens with one attached hydrogen (secondary N) is 1. The van der Waals surface area contributed by atoms with Gasteiger partial charge in [-0.1, -0.05) is 6.07 Å². The second-order valence-corrected chi connectivity index (χ2v) is 8.36. The van der Waals surface area contributed by atoms with Gasteiger partial charge in [0.15, 0.2) is 0 Å². The first-order chi connectivity index (χ1) is 14.5. The monoisotopic (exact) mass is 451 g/mol. The van der Waals surface area contributed by atoms with Gasteiger partial charge in [-0.2, -0.15) is 0 Å². The molecule has 0 aliphatic heterocycles. The first-order valence-electron chi connectivity index (χ1n) is 8.77. The maximum absolute atomic E-state index is 12.7. The van der Waals surface area contributed by atoms with Crippen LogP contribution in [0.4, 0.5) is 17.1 Å². The molecule has 0 aliphatic carbocycles. The summed E-state index contributed by atoms with van der Waals surface area (Å²) < 4.78 is 35.2. The first-order valence-corrected chi connectivity index (χ1v) is 10.6. The predicted molar refractivity (Wildman–Crippen MR) is 113 cm³/mol. The highest BCUT2D eigenvalue weighted by molar-refractivity contribution is 7.92. The number of ether oxygens (including phenoxy) is 2. The van der Waals surface area contributed by atoms with Gasteiger partial charge in [0.05, 0.1) is 31.0 Å². The third-order valence-corrected chi connectivity index (χ3v) is 5.39. The predicted octanol–water partition coefficient (Wildman–Crippen LogP) is 2.10. The van der Waals surface area contributed by atoms with Crippen molar-refractivity contribution in [1.82, 2.24) is 0 Å². The molecule has 0 bridgehead atoms. The minimum Gasteiger partial charge on any atom is -0.495 e. The standard InChI is InChI=1S/C19H21N3O8S/c1-12-5-6-13(19(24)30-3)9-15(12)20-18(23)11-21(31(4,27)28)16-10-14(22(25)26)7-8-17(16)29-2/h5-10H,11H2,1-4H3,(H,20,23). The zero-order chi connectivity index (χ0) is 23.3. The highest BCUT2D eigenvalue weighted by Gasteiger charge is 2.26. The van der Waals surface area contributed by atoms with Gasteiger partial charge in [0.25, 0.3) is 5.69 Å². The van der Waals surface area contributed by atoms with Gasteiger partial charge in [0.1, 0.15) is 18.0 Å². The summed E-state index contributed by atoms with van der Waals surface area (Å²) in [5.74, 6) is -1.30. The Morgan fingerprint density at radius 2 is 1.84 bits per heavy atom. The Morgan fingerprint density at radius 3 is 2.39 bits per heavy atom. The number of aryl methyl sites for hydroxylation is 1. The molecule has 0 aliphatic rings. The average Bonchev–Trinajstić information content (AvgIpc) is 2.71. The van der Waals surface area contributed by atoms with E-state index in [1.807, 2.05) is 0 Å². The Kier molecular flexibility index (Phi) is 7.18. The molecule has 2 aromatic carbocycles. The molecule has 0 heterocycles. The molecule has 0 saturated heterocycles. The zero-order valence-corrected chi connectivity index (χ0v) is 18.1. The number of rotatable bonds is 8. The van der Waals surface area contributed by atoms with Crippen molar-refractivity contribution in [2.45, 2.75) is 6.92 Å². The number of methoxy groups -OCH3 is 2. The topological polar surface area (TPSA) is 145 Å². The van der Waals surface area contributed by atoms with E-state index in [1.165, 1.54) is 32.4 Å². The van der Waals surface area contributed by atoms with Crippen LogP contribution in [-0.2, 0) is 19.6 Å². The van der Waals surface area contributed by atoms with Crippen molar-refractivity contribution in [1.29, 1.82) is 0 Å². The number of anilines is 2. The van der Waals surface area contributed by atoms with E-state index < -0.39 is 33.4 Å². The molecular weight excluding hydrogens is 430 g/mol. The molecule has 1 amide bonds. The number of sulfonamides is 1. The maximum atomic E-state index is 12.7. The van der Waals surface area contributed by atoms with Crippen molar-refractivity contribution < 1.29 is 32.4 Å². The number of carbonyl (C=O) groups is 2. The van der Waals surface area contributed by atoms with Gasteiger partial charge in [0, 0.05) is 17.8 Å². The molecule has 0 saturated carbocycles. The van der Waals surface area contributed by atoms with Gasteiger partial charge in [-0.3, -0.25) is 19.2 Å². The number of hydrogen-bond donors (Lipinski definition) is 1. The summed E-state index contributed by atoms with van der Waals surface area (Å²) in [4.78, 5) is 34.8. The number of non-ortho nitro benzene ring substituents is 1. The van der Waals surface area contributed by atoms with Crippen LogP contribution in [0.25, 0.3) is 0 Å². The molecule has 11 nitrogen and oxygen atoms in total. The molecule has 0 unspecified atom stereocenters. The number of esters is 1. The lowest BCUT2D eigenvalue weighted by Gasteiger charge is -2.23. The molecule has 1 N–H and O–H groups in total. The Hall–Kier alpha value is -3.67. The lowest BCUT2D eigenvalue weighted by atomic mass is 10.1. The summed E-state index contributed by atoms with van der Waals surface area (Å²) in [6.07, 6.45) is 0.863. The summed E-state index contributed by atoms with van der Waals surface area (Å²) in [6.45, 7) is 1.01. The first kappa shape index (κ1) is 23.6. The summed E-state index contributed by atoms with van der Waals surface area (Å²) in [5, 5.41) is 13.7. The Bertz CT molecular complexity index is 1130. The van der Waals surface area contributed by atoms with E-state index in [-0.39, 0.29) is 28.4 Å². The van der Waals surface area contributed by atoms with Crippen LogP contribution in [0.2, 0.25) is 0 Å². The largest absolute Gasteiger partial charge is 0.495 e. The highest BCUT2D eigenvalue weighted by atomic mass is 32.2. The number of carbonyl (C=O) groups excluding carboxylic acids is 2. The van der Waals surface area contributed by atoms with Crippen molar-refractivity contribution in [2.24, 2.45) is 0 Å². The Balaban J connectivity index is 2.40. The number of nitro groups is 1. The number of hydrogen-bond acceptors (Lipinski definition) is 8. The lowest BCUT2D eigenvalue weighted by molar-refractivity contribution is -0.384. The van der Waals surface area contributed by atoms with Crippen LogP contribution >= 0.6 is 0 Å². The Morgan fingerprint density at radius 1 is 1.16 bits per heavy atom. The normalized spacial score (nSPS) is 10.8. The van der Waals surface area contributed by atoms with Crippen molar-refractivity contribution in [3.8, 4) is 5.75 Å². The summed E-state index contributed by atoms with van der Waals surface area (Å²) >= 11 is 0. The Labute approximate surface area is 178 Å². The van der Waals surface area contributed by atoms with E-state index in [0.717, 1.165) is 18.4 Å². The van der Waals surface area contributed by atoms with Gasteiger partial charge in [-0.15, -0.1) is 0 Å². The van der Waals surface area contributed by atoms with Crippen LogP contribution in [0.3, 0.4) is 0 Å². The number of nitro benzene ring substituents is 1. The fraction of sp³-hybridized carbons (Fsp3) is 0.263. The molecule has 0 radical (unpaired) electrons. The summed E-state index contributed by atoms with van der Waals surface area (Å²) in [5.41, 5.74) is 0.580. The zero-order valence-electron chi connectivity index (χ0n) is 17.2. The molecule has 166 valence electrons. The van der Waals surface area contributed by atoms with Gasteiger partial charge < -0.3 is 14.8 Å². The third kappa shape index (κ3) is 5.69. The van der Waals surface area contributed by atoms with E-state index >= 15 is 0 Å². The highest BCUT2D eigenvalue weighted by Crippen LogP contribution is 2.33. The van der Waals surface area contributed by atoms with Crippen LogP contribution in [0.15, 0.2) is 36.4 Å². The van der Waals surface area contributed by atoms with Crippen LogP contribution in [0.1, 0.15) is 15.9 Å². The lowest BCUT2D eigenvalue weighted by Crippen LogP contribution is -2.37. The van der Waals surface area contributed by atoms with E-state index in [1.54, 1.807) is 13.0 Å². The average molecular weight is 451 g/mol. The summed E-state index contributed by atoms with van der Waals surface area (Å²) in [6, 6.07) is 7.93. The third-order valence-electron chi connectivity index (χ3n) is 4.26. The molecule has 12 heteroatoms. The van der Waals surface area contributed by atoms with Gasteiger partial charge in [0.2, 0.25) is 15.9 Å². The molecule has 0 spiro atoms. The molecule has 0 aromatic heterocycles. The molecule has 31 heavy (non-hydrogen) atoms. The molecule has 2 rings (SSSR count). The smallest absolute Gasteiger partial charge is 0.337 e. The SMILES string of the molecule is COC(=O)c1ccc(C)c(NC(=O)CN(c2cc([N+](=O)[O-])ccc2OC)S(C)(=O)=O)c1. The fourth-order valence-corrected chi connectivity index (χ4v) is 3.54. The number of nitrogens with zero attached hydrogens (tertiary/aromatic N) is 2. The molecule has 0 atom stereocenters. The van der Waals surface area contributed by atoms with Crippen LogP contribution in [0.5, 0.6) is 5.75 Å². The van der Waals surface area contributed by atoms with E-state index in [4.69, 9.17) is 4.74 Å². The summed E-state index contributed by atoms with van der Waals surface area (Å²) in [7, 11) is -1.53. The number of benzene rings is 2. The van der Waals surface area contributed by atoms with E-state index in [9.17, 15) is 28.1 Å². The minimum atomic E-state index is -4.02. The van der Waals surface area contributed by atoms with Crippen LogP contribution < -0.4 is 14.4 Å². The van der Waals surface area contributed by atoms with E-state index in [0.29, 0.717) is 9.87 Å². The number of amides is 1. The van der Waals surface area contributed by atoms with Crippen LogP contribution in [0, 0.1) is 17.0 Å². The molecule has 2 aromatic rings. The van der Waals surface area contributed by atoms with Crippen LogP contribution in [-0.4, -0.2) is 52.2 Å². The van der Waals surface area contributed by atoms with Gasteiger partial charge >= 0.3 is 5.97 Å². The van der Waals surface area contributed by atoms with Gasteiger partial charge in [-0.25, -0.2) is 13.2 Å². The molecular formula is C19H21N3O8S. The van der Waals surface area contributed by atoms with Crippen molar-refractivity contribution in [3.05, 3.63) is 57.6 Å². The molecule has 0 fully saturated rings. The second-order valence-electron chi connectivity index (χ2n) is 6.45. The minimum absolute atomic E-state index is 0.0349. The van der Waals surface area contributed by atoms with Gasteiger partial charge in [-0.05, 0) is 30.7 Å². The van der Waals surface area contributed by atoms with Crippen molar-refractivity contribution in [2.75, 3.05) is 36.6 Å². The van der Waals surface area contributed by atoms with Crippen molar-refractivity contribution >= 4 is 39.0 Å². The fourth-order valence-electron chi connectivity index (χ4n) is 2.69. The maximum Gasteiger partial charge on any atom is 0.337 e. The van der Waals surface area contributed by atoms with E-state index in [2.05, 4.69) is 10.1 Å². The quantitative estimate of drug-likeness (QED) is 0.365.